The van der Waals surface area contributed by atoms with Crippen LogP contribution in [0.1, 0.15) is 42.0 Å². The van der Waals surface area contributed by atoms with E-state index in [4.69, 9.17) is 0 Å². The number of aromatic amines is 1. The van der Waals surface area contributed by atoms with Crippen LogP contribution < -0.4 is 5.32 Å². The average molecular weight is 304 g/mol. The topological polar surface area (TPSA) is 27.8 Å². The Balaban J connectivity index is 1.41. The number of aryl methyl sites for hydroxylation is 1. The van der Waals surface area contributed by atoms with Crippen LogP contribution in [0.25, 0.3) is 10.9 Å². The van der Waals surface area contributed by atoms with E-state index in [1.165, 1.54) is 47.8 Å². The summed E-state index contributed by atoms with van der Waals surface area (Å²) in [5, 5.41) is 5.03. The van der Waals surface area contributed by atoms with Gasteiger partial charge in [0.1, 0.15) is 0 Å². The molecule has 1 aromatic heterocycles. The quantitative estimate of drug-likeness (QED) is 0.653. The molecule has 2 N–H and O–H groups in total. The van der Waals surface area contributed by atoms with Gasteiger partial charge >= 0.3 is 0 Å². The minimum Gasteiger partial charge on any atom is -0.358 e. The van der Waals surface area contributed by atoms with Crippen molar-refractivity contribution in [3.05, 3.63) is 71.4 Å². The molecule has 1 atom stereocenters. The molecule has 1 unspecified atom stereocenters. The van der Waals surface area contributed by atoms with Crippen LogP contribution in [0.4, 0.5) is 0 Å². The van der Waals surface area contributed by atoms with Crippen molar-refractivity contribution in [3.8, 4) is 0 Å². The Morgan fingerprint density at radius 1 is 1.00 bits per heavy atom. The van der Waals surface area contributed by atoms with Crippen molar-refractivity contribution in [1.29, 1.82) is 0 Å². The second-order valence-corrected chi connectivity index (χ2v) is 6.60. The van der Waals surface area contributed by atoms with Crippen LogP contribution in [0.5, 0.6) is 0 Å². The molecule has 1 aliphatic carbocycles. The zero-order valence-corrected chi connectivity index (χ0v) is 13.5. The van der Waals surface area contributed by atoms with Crippen molar-refractivity contribution in [2.45, 2.75) is 38.1 Å². The average Bonchev–Trinajstić information content (AvgIpc) is 2.99. The van der Waals surface area contributed by atoms with Crippen molar-refractivity contribution in [3.63, 3.8) is 0 Å². The number of H-pyrrole nitrogens is 1. The maximum absolute atomic E-state index is 3.70. The van der Waals surface area contributed by atoms with Crippen molar-refractivity contribution in [2.24, 2.45) is 0 Å². The summed E-state index contributed by atoms with van der Waals surface area (Å²) < 4.78 is 0. The van der Waals surface area contributed by atoms with Gasteiger partial charge in [-0.15, -0.1) is 0 Å². The molecule has 0 amide bonds. The van der Waals surface area contributed by atoms with E-state index in [2.05, 4.69) is 64.9 Å². The van der Waals surface area contributed by atoms with Crippen LogP contribution in [0.2, 0.25) is 0 Å². The monoisotopic (exact) mass is 304 g/mol. The predicted molar refractivity (Wildman–Crippen MR) is 96.7 cm³/mol. The molecule has 1 heterocycles. The number of fused-ring (bicyclic) bond motifs is 3. The van der Waals surface area contributed by atoms with E-state index in [1.807, 2.05) is 0 Å². The van der Waals surface area contributed by atoms with Crippen LogP contribution in [-0.2, 0) is 13.0 Å². The van der Waals surface area contributed by atoms with Crippen LogP contribution in [0.15, 0.2) is 54.6 Å². The van der Waals surface area contributed by atoms with Crippen molar-refractivity contribution in [2.75, 3.05) is 6.54 Å². The second kappa shape index (κ2) is 6.59. The van der Waals surface area contributed by atoms with Crippen LogP contribution in [-0.4, -0.2) is 11.5 Å². The molecule has 2 heteroatoms. The van der Waals surface area contributed by atoms with Gasteiger partial charge in [0.15, 0.2) is 0 Å². The summed E-state index contributed by atoms with van der Waals surface area (Å²) in [6.07, 6.45) is 5.07. The number of para-hydroxylation sites is 1. The van der Waals surface area contributed by atoms with Gasteiger partial charge in [-0.3, -0.25) is 0 Å². The van der Waals surface area contributed by atoms with Gasteiger partial charge < -0.3 is 10.3 Å². The molecule has 0 saturated carbocycles. The maximum Gasteiger partial charge on any atom is 0.0459 e. The Labute approximate surface area is 137 Å². The summed E-state index contributed by atoms with van der Waals surface area (Å²) in [7, 11) is 0. The van der Waals surface area contributed by atoms with E-state index >= 15 is 0 Å². The summed E-state index contributed by atoms with van der Waals surface area (Å²) in [6, 6.07) is 19.4. The molecule has 0 spiro atoms. The van der Waals surface area contributed by atoms with E-state index in [0.717, 1.165) is 13.1 Å². The lowest BCUT2D eigenvalue weighted by molar-refractivity contribution is 0.491. The predicted octanol–water partition coefficient (Wildman–Crippen LogP) is 4.77. The van der Waals surface area contributed by atoms with E-state index in [-0.39, 0.29) is 0 Å². The zero-order chi connectivity index (χ0) is 15.5. The standard InChI is InChI=1S/C21H24N2/c1-2-7-16(8-3-1)15-22-14-13-17-9-6-11-19-18-10-4-5-12-20(18)23-21(17)19/h1-5,7-8,10,12,17,22-23H,6,9,11,13-15H2. The summed E-state index contributed by atoms with van der Waals surface area (Å²) in [5.74, 6) is 0.675. The third kappa shape index (κ3) is 3.04. The van der Waals surface area contributed by atoms with E-state index in [9.17, 15) is 0 Å². The molecule has 0 bridgehead atoms. The van der Waals surface area contributed by atoms with E-state index < -0.39 is 0 Å². The Morgan fingerprint density at radius 2 is 1.83 bits per heavy atom. The zero-order valence-electron chi connectivity index (χ0n) is 13.5. The van der Waals surface area contributed by atoms with Gasteiger partial charge in [0.2, 0.25) is 0 Å². The third-order valence-electron chi connectivity index (χ3n) is 5.08. The highest BCUT2D eigenvalue weighted by Gasteiger charge is 2.23. The lowest BCUT2D eigenvalue weighted by Crippen LogP contribution is -2.19. The van der Waals surface area contributed by atoms with Crippen LogP contribution >= 0.6 is 0 Å². The highest BCUT2D eigenvalue weighted by Crippen LogP contribution is 2.37. The maximum atomic E-state index is 3.70. The Kier molecular flexibility index (Phi) is 4.16. The number of hydrogen-bond donors (Lipinski definition) is 2. The first kappa shape index (κ1) is 14.5. The lowest BCUT2D eigenvalue weighted by Gasteiger charge is -2.23. The molecule has 2 nitrogen and oxygen atoms in total. The molecule has 0 fully saturated rings. The highest BCUT2D eigenvalue weighted by atomic mass is 14.8. The van der Waals surface area contributed by atoms with Gasteiger partial charge in [0.25, 0.3) is 0 Å². The van der Waals surface area contributed by atoms with Crippen LogP contribution in [0, 0.1) is 0 Å². The SMILES string of the molecule is c1ccc(CNCCC2CCCc3c2[nH]c2ccccc32)cc1. The van der Waals surface area contributed by atoms with Crippen molar-refractivity contribution >= 4 is 10.9 Å². The number of nitrogens with one attached hydrogen (secondary N) is 2. The number of benzene rings is 2. The number of aromatic nitrogens is 1. The van der Waals surface area contributed by atoms with Gasteiger partial charge in [-0.1, -0.05) is 48.5 Å². The molecule has 0 saturated heterocycles. The van der Waals surface area contributed by atoms with Crippen molar-refractivity contribution in [1.82, 2.24) is 10.3 Å². The van der Waals surface area contributed by atoms with Crippen molar-refractivity contribution < 1.29 is 0 Å². The molecule has 118 valence electrons. The molecule has 0 radical (unpaired) electrons. The van der Waals surface area contributed by atoms with E-state index in [1.54, 1.807) is 5.56 Å². The minimum atomic E-state index is 0.675. The van der Waals surface area contributed by atoms with E-state index in [0.29, 0.717) is 5.92 Å². The molecule has 4 rings (SSSR count). The summed E-state index contributed by atoms with van der Waals surface area (Å²) in [5.41, 5.74) is 5.74. The number of hydrogen-bond acceptors (Lipinski definition) is 1. The largest absolute Gasteiger partial charge is 0.358 e. The smallest absolute Gasteiger partial charge is 0.0459 e. The first-order valence-electron chi connectivity index (χ1n) is 8.76. The van der Waals surface area contributed by atoms with Gasteiger partial charge in [-0.2, -0.15) is 0 Å². The summed E-state index contributed by atoms with van der Waals surface area (Å²) in [6.45, 7) is 2.04. The summed E-state index contributed by atoms with van der Waals surface area (Å²) in [4.78, 5) is 3.70. The van der Waals surface area contributed by atoms with Gasteiger partial charge in [0, 0.05) is 29.1 Å². The minimum absolute atomic E-state index is 0.675. The molecule has 23 heavy (non-hydrogen) atoms. The molecular weight excluding hydrogens is 280 g/mol. The Bertz CT molecular complexity index is 773. The lowest BCUT2D eigenvalue weighted by atomic mass is 9.85. The second-order valence-electron chi connectivity index (χ2n) is 6.60. The Hall–Kier alpha value is -2.06. The molecule has 1 aliphatic rings. The molecular formula is C21H24N2. The van der Waals surface area contributed by atoms with Crippen LogP contribution in [0.3, 0.4) is 0 Å². The fourth-order valence-corrected chi connectivity index (χ4v) is 3.90. The Morgan fingerprint density at radius 3 is 2.74 bits per heavy atom. The fraction of sp³-hybridized carbons (Fsp3) is 0.333. The molecule has 0 aliphatic heterocycles. The highest BCUT2D eigenvalue weighted by molar-refractivity contribution is 5.85. The first-order chi connectivity index (χ1) is 11.4. The normalized spacial score (nSPS) is 17.3. The molecule has 2 aromatic carbocycles. The first-order valence-corrected chi connectivity index (χ1v) is 8.76. The van der Waals surface area contributed by atoms with Gasteiger partial charge in [-0.05, 0) is 49.4 Å². The van der Waals surface area contributed by atoms with Gasteiger partial charge in [0.05, 0.1) is 0 Å². The third-order valence-corrected chi connectivity index (χ3v) is 5.08. The number of rotatable bonds is 5. The fourth-order valence-electron chi connectivity index (χ4n) is 3.90. The summed E-state index contributed by atoms with van der Waals surface area (Å²) >= 11 is 0. The molecule has 3 aromatic rings. The van der Waals surface area contributed by atoms with Gasteiger partial charge in [-0.25, -0.2) is 0 Å².